The summed E-state index contributed by atoms with van der Waals surface area (Å²) in [7, 11) is 0. The van der Waals surface area contributed by atoms with Gasteiger partial charge in [0.25, 0.3) is 0 Å². The Morgan fingerprint density at radius 2 is 1.87 bits per heavy atom. The molecule has 0 aliphatic heterocycles. The molecule has 0 spiro atoms. The lowest BCUT2D eigenvalue weighted by molar-refractivity contribution is 0.505. The van der Waals surface area contributed by atoms with Crippen LogP contribution < -0.4 is 0 Å². The number of halogens is 4. The minimum atomic E-state index is -1.27. The molecule has 2 aromatic rings. The molecule has 15 heavy (non-hydrogen) atoms. The van der Waals surface area contributed by atoms with Crippen LogP contribution in [0.1, 0.15) is 5.56 Å². The molecular weight excluding hydrogens is 227 g/mol. The van der Waals surface area contributed by atoms with Gasteiger partial charge in [-0.3, -0.25) is 4.98 Å². The van der Waals surface area contributed by atoms with Gasteiger partial charge in [-0.15, -0.1) is 0 Å². The van der Waals surface area contributed by atoms with Crippen LogP contribution in [-0.4, -0.2) is 4.98 Å². The number of nitrogens with zero attached hydrogens (tertiary/aromatic N) is 1. The number of rotatable bonds is 0. The standard InChI is InChI=1S/C10H5ClF3N/c1-4-3-15-10-6(13)2-5(12)9(14)7(10)8(4)11/h2-3H,1H3. The fraction of sp³-hybridized carbons (Fsp3) is 0.100. The minimum Gasteiger partial charge on any atom is -0.253 e. The zero-order valence-corrected chi connectivity index (χ0v) is 8.37. The van der Waals surface area contributed by atoms with Crippen LogP contribution in [-0.2, 0) is 0 Å². The van der Waals surface area contributed by atoms with Crippen LogP contribution in [0.4, 0.5) is 13.2 Å². The van der Waals surface area contributed by atoms with Crippen molar-refractivity contribution in [3.05, 3.63) is 40.3 Å². The first kappa shape index (κ1) is 10.2. The van der Waals surface area contributed by atoms with Crippen molar-refractivity contribution in [3.63, 3.8) is 0 Å². The average molecular weight is 232 g/mol. The topological polar surface area (TPSA) is 12.9 Å². The van der Waals surface area contributed by atoms with E-state index in [1.165, 1.54) is 6.20 Å². The summed E-state index contributed by atoms with van der Waals surface area (Å²) >= 11 is 5.76. The summed E-state index contributed by atoms with van der Waals surface area (Å²) in [4.78, 5) is 3.68. The Bertz CT molecular complexity index is 546. The second kappa shape index (κ2) is 3.38. The molecule has 0 radical (unpaired) electrons. The van der Waals surface area contributed by atoms with Gasteiger partial charge < -0.3 is 0 Å². The quantitative estimate of drug-likeness (QED) is 0.631. The Labute approximate surface area is 88.5 Å². The predicted octanol–water partition coefficient (Wildman–Crippen LogP) is 3.61. The van der Waals surface area contributed by atoms with Crippen LogP contribution >= 0.6 is 11.6 Å². The Kier molecular flexibility index (Phi) is 2.31. The third-order valence-corrected chi connectivity index (χ3v) is 2.59. The Hall–Kier alpha value is -1.29. The predicted molar refractivity (Wildman–Crippen MR) is 51.4 cm³/mol. The van der Waals surface area contributed by atoms with E-state index in [0.717, 1.165) is 0 Å². The molecule has 0 saturated heterocycles. The van der Waals surface area contributed by atoms with Crippen molar-refractivity contribution in [1.29, 1.82) is 0 Å². The molecular formula is C10H5ClF3N. The van der Waals surface area contributed by atoms with Gasteiger partial charge in [0.1, 0.15) is 5.52 Å². The number of aryl methyl sites for hydroxylation is 1. The summed E-state index contributed by atoms with van der Waals surface area (Å²) in [6.07, 6.45) is 1.31. The molecule has 78 valence electrons. The molecule has 0 N–H and O–H groups in total. The summed E-state index contributed by atoms with van der Waals surface area (Å²) in [6, 6.07) is 0.455. The number of benzene rings is 1. The van der Waals surface area contributed by atoms with Crippen LogP contribution in [0.2, 0.25) is 5.02 Å². The molecule has 5 heteroatoms. The molecule has 1 heterocycles. The van der Waals surface area contributed by atoms with E-state index >= 15 is 0 Å². The summed E-state index contributed by atoms with van der Waals surface area (Å²) in [5, 5.41) is -0.329. The monoisotopic (exact) mass is 231 g/mol. The zero-order valence-electron chi connectivity index (χ0n) is 7.61. The van der Waals surface area contributed by atoms with Crippen LogP contribution in [0.5, 0.6) is 0 Å². The first-order chi connectivity index (χ1) is 7.02. The molecule has 0 fully saturated rings. The van der Waals surface area contributed by atoms with Gasteiger partial charge in [-0.2, -0.15) is 0 Å². The number of hydrogen-bond acceptors (Lipinski definition) is 1. The number of fused-ring (bicyclic) bond motifs is 1. The normalized spacial score (nSPS) is 11.0. The maximum Gasteiger partial charge on any atom is 0.169 e. The number of aromatic nitrogens is 1. The molecule has 0 atom stereocenters. The fourth-order valence-corrected chi connectivity index (χ4v) is 1.55. The number of pyridine rings is 1. The van der Waals surface area contributed by atoms with Gasteiger partial charge in [0.2, 0.25) is 0 Å². The third kappa shape index (κ3) is 1.45. The van der Waals surface area contributed by atoms with Gasteiger partial charge in [0, 0.05) is 12.3 Å². The SMILES string of the molecule is Cc1cnc2c(F)cc(F)c(F)c2c1Cl. The first-order valence-electron chi connectivity index (χ1n) is 4.10. The van der Waals surface area contributed by atoms with E-state index in [0.29, 0.717) is 11.6 Å². The van der Waals surface area contributed by atoms with E-state index in [1.807, 2.05) is 0 Å². The van der Waals surface area contributed by atoms with Gasteiger partial charge >= 0.3 is 0 Å². The Morgan fingerprint density at radius 1 is 1.20 bits per heavy atom. The molecule has 0 aliphatic carbocycles. The lowest BCUT2D eigenvalue weighted by atomic mass is 10.1. The highest BCUT2D eigenvalue weighted by molar-refractivity contribution is 6.36. The highest BCUT2D eigenvalue weighted by atomic mass is 35.5. The first-order valence-corrected chi connectivity index (χ1v) is 4.48. The highest BCUT2D eigenvalue weighted by Crippen LogP contribution is 2.30. The van der Waals surface area contributed by atoms with Crippen LogP contribution in [0.15, 0.2) is 12.3 Å². The molecule has 1 aromatic carbocycles. The molecule has 1 aromatic heterocycles. The molecule has 0 unspecified atom stereocenters. The minimum absolute atomic E-state index is 0.0177. The fourth-order valence-electron chi connectivity index (χ4n) is 1.33. The van der Waals surface area contributed by atoms with Gasteiger partial charge in [0.05, 0.1) is 10.4 Å². The molecule has 2 rings (SSSR count). The summed E-state index contributed by atoms with van der Waals surface area (Å²) < 4.78 is 39.5. The van der Waals surface area contributed by atoms with Crippen LogP contribution in [0, 0.1) is 24.4 Å². The van der Waals surface area contributed by atoms with Gasteiger partial charge in [0.15, 0.2) is 17.5 Å². The van der Waals surface area contributed by atoms with Crippen molar-refractivity contribution in [1.82, 2.24) is 4.98 Å². The molecule has 0 aliphatic rings. The van der Waals surface area contributed by atoms with Gasteiger partial charge in [-0.05, 0) is 12.5 Å². The van der Waals surface area contributed by atoms with Crippen LogP contribution in [0.3, 0.4) is 0 Å². The zero-order chi connectivity index (χ0) is 11.2. The van der Waals surface area contributed by atoms with Crippen LogP contribution in [0.25, 0.3) is 10.9 Å². The molecule has 1 nitrogen and oxygen atoms in total. The Balaban J connectivity index is 3.04. The molecule has 0 saturated carbocycles. The highest BCUT2D eigenvalue weighted by Gasteiger charge is 2.16. The maximum absolute atomic E-state index is 13.4. The van der Waals surface area contributed by atoms with Crippen molar-refractivity contribution in [2.24, 2.45) is 0 Å². The van der Waals surface area contributed by atoms with E-state index in [9.17, 15) is 13.2 Å². The summed E-state index contributed by atoms with van der Waals surface area (Å²) in [5.74, 6) is -3.37. The van der Waals surface area contributed by atoms with E-state index in [2.05, 4.69) is 4.98 Å². The third-order valence-electron chi connectivity index (χ3n) is 2.10. The van der Waals surface area contributed by atoms with E-state index in [4.69, 9.17) is 11.6 Å². The lowest BCUT2D eigenvalue weighted by Crippen LogP contribution is -1.95. The van der Waals surface area contributed by atoms with Gasteiger partial charge in [-0.1, -0.05) is 11.6 Å². The van der Waals surface area contributed by atoms with E-state index in [1.54, 1.807) is 6.92 Å². The van der Waals surface area contributed by atoms with Crippen molar-refractivity contribution < 1.29 is 13.2 Å². The lowest BCUT2D eigenvalue weighted by Gasteiger charge is -2.05. The van der Waals surface area contributed by atoms with Gasteiger partial charge in [-0.25, -0.2) is 13.2 Å². The van der Waals surface area contributed by atoms with E-state index < -0.39 is 17.5 Å². The van der Waals surface area contributed by atoms with E-state index in [-0.39, 0.29) is 15.9 Å². The van der Waals surface area contributed by atoms with Crippen molar-refractivity contribution in [2.75, 3.05) is 0 Å². The van der Waals surface area contributed by atoms with Crippen molar-refractivity contribution in [2.45, 2.75) is 6.92 Å². The van der Waals surface area contributed by atoms with Crippen molar-refractivity contribution >= 4 is 22.5 Å². The second-order valence-corrected chi connectivity index (χ2v) is 3.51. The summed E-state index contributed by atoms with van der Waals surface area (Å²) in [5.41, 5.74) is 0.206. The smallest absolute Gasteiger partial charge is 0.169 e. The van der Waals surface area contributed by atoms with Crippen molar-refractivity contribution in [3.8, 4) is 0 Å². The molecule has 0 bridgehead atoms. The number of hydrogen-bond donors (Lipinski definition) is 0. The second-order valence-electron chi connectivity index (χ2n) is 3.13. The maximum atomic E-state index is 13.4. The average Bonchev–Trinajstić information content (AvgIpc) is 2.19. The molecule has 0 amide bonds. The summed E-state index contributed by atoms with van der Waals surface area (Å²) in [6.45, 7) is 1.58. The largest absolute Gasteiger partial charge is 0.253 e. The Morgan fingerprint density at radius 3 is 2.53 bits per heavy atom.